The second kappa shape index (κ2) is 5.19. The van der Waals surface area contributed by atoms with Crippen molar-refractivity contribution in [1.29, 1.82) is 0 Å². The number of anilines is 2. The molecular formula is C14H15ClN2O. The molecule has 0 heterocycles. The third-order valence-corrected chi connectivity index (χ3v) is 3.19. The normalized spacial score (nSPS) is 10.3. The molecule has 94 valence electrons. The van der Waals surface area contributed by atoms with Crippen LogP contribution in [0.1, 0.15) is 5.56 Å². The van der Waals surface area contributed by atoms with Crippen molar-refractivity contribution in [3.63, 3.8) is 0 Å². The molecule has 2 rings (SSSR count). The first-order valence-electron chi connectivity index (χ1n) is 5.61. The van der Waals surface area contributed by atoms with Crippen molar-refractivity contribution in [3.05, 3.63) is 53.1 Å². The fraction of sp³-hybridized carbons (Fsp3) is 0.143. The van der Waals surface area contributed by atoms with Crippen LogP contribution in [0.15, 0.2) is 42.5 Å². The van der Waals surface area contributed by atoms with Crippen LogP contribution in [0, 0.1) is 0 Å². The van der Waals surface area contributed by atoms with E-state index in [2.05, 4.69) is 0 Å². The van der Waals surface area contributed by atoms with Gasteiger partial charge in [-0.05, 0) is 36.4 Å². The van der Waals surface area contributed by atoms with Crippen molar-refractivity contribution in [3.8, 4) is 5.75 Å². The molecule has 0 aliphatic carbocycles. The first-order valence-corrected chi connectivity index (χ1v) is 5.99. The van der Waals surface area contributed by atoms with E-state index in [4.69, 9.17) is 17.3 Å². The van der Waals surface area contributed by atoms with E-state index in [9.17, 15) is 5.11 Å². The van der Waals surface area contributed by atoms with Crippen LogP contribution in [0.3, 0.4) is 0 Å². The van der Waals surface area contributed by atoms with Gasteiger partial charge in [0.1, 0.15) is 5.75 Å². The maximum absolute atomic E-state index is 9.26. The Morgan fingerprint density at radius 1 is 1.17 bits per heavy atom. The number of hydrogen-bond acceptors (Lipinski definition) is 3. The highest BCUT2D eigenvalue weighted by Gasteiger charge is 2.08. The minimum atomic E-state index is 0.254. The van der Waals surface area contributed by atoms with Gasteiger partial charge < -0.3 is 15.7 Å². The Bertz CT molecular complexity index is 520. The zero-order valence-corrected chi connectivity index (χ0v) is 10.9. The molecule has 0 bridgehead atoms. The summed E-state index contributed by atoms with van der Waals surface area (Å²) >= 11 is 6.14. The number of phenolic OH excluding ortho intramolecular Hbond substituents is 1. The van der Waals surface area contributed by atoms with Crippen LogP contribution in [-0.2, 0) is 6.54 Å². The number of hydrogen-bond donors (Lipinski definition) is 2. The van der Waals surface area contributed by atoms with E-state index in [1.807, 2.05) is 42.3 Å². The molecule has 0 fully saturated rings. The molecule has 0 radical (unpaired) electrons. The van der Waals surface area contributed by atoms with Gasteiger partial charge >= 0.3 is 0 Å². The Morgan fingerprint density at radius 2 is 1.83 bits per heavy atom. The van der Waals surface area contributed by atoms with Gasteiger partial charge in [0, 0.05) is 35.6 Å². The van der Waals surface area contributed by atoms with Crippen LogP contribution in [0.5, 0.6) is 5.75 Å². The number of nitrogens with two attached hydrogens (primary N) is 1. The molecule has 0 saturated heterocycles. The summed E-state index contributed by atoms with van der Waals surface area (Å²) in [6.45, 7) is 0.621. The molecule has 0 unspecified atom stereocenters. The van der Waals surface area contributed by atoms with Gasteiger partial charge in [-0.3, -0.25) is 0 Å². The minimum absolute atomic E-state index is 0.254. The molecule has 0 spiro atoms. The molecule has 2 aromatic rings. The maximum Gasteiger partial charge on any atom is 0.115 e. The Hall–Kier alpha value is -1.87. The monoisotopic (exact) mass is 262 g/mol. The Kier molecular flexibility index (Phi) is 3.63. The van der Waals surface area contributed by atoms with Crippen LogP contribution < -0.4 is 10.6 Å². The third-order valence-electron chi connectivity index (χ3n) is 2.84. The van der Waals surface area contributed by atoms with Gasteiger partial charge in [-0.1, -0.05) is 17.7 Å². The van der Waals surface area contributed by atoms with E-state index >= 15 is 0 Å². The van der Waals surface area contributed by atoms with Crippen LogP contribution in [0.25, 0.3) is 0 Å². The van der Waals surface area contributed by atoms with E-state index in [1.165, 1.54) is 0 Å². The number of halogens is 1. The Labute approximate surface area is 111 Å². The lowest BCUT2D eigenvalue weighted by molar-refractivity contribution is 0.475. The predicted octanol–water partition coefficient (Wildman–Crippen LogP) is 3.26. The molecule has 0 aliphatic heterocycles. The van der Waals surface area contributed by atoms with E-state index in [0.29, 0.717) is 17.3 Å². The standard InChI is InChI=1S/C14H15ClN2O/c1-17(10-5-7-11(18)8-6-10)9-12-13(15)3-2-4-14(12)16/h2-8,18H,9,16H2,1H3. The topological polar surface area (TPSA) is 49.5 Å². The number of nitrogens with zero attached hydrogens (tertiary/aromatic N) is 1. The summed E-state index contributed by atoms with van der Waals surface area (Å²) in [6.07, 6.45) is 0. The summed E-state index contributed by atoms with van der Waals surface area (Å²) in [6, 6.07) is 12.5. The lowest BCUT2D eigenvalue weighted by Crippen LogP contribution is -2.17. The molecule has 3 nitrogen and oxygen atoms in total. The highest BCUT2D eigenvalue weighted by atomic mass is 35.5. The Morgan fingerprint density at radius 3 is 2.44 bits per heavy atom. The summed E-state index contributed by atoms with van der Waals surface area (Å²) < 4.78 is 0. The average Bonchev–Trinajstić information content (AvgIpc) is 2.34. The van der Waals surface area contributed by atoms with Gasteiger partial charge in [0.15, 0.2) is 0 Å². The maximum atomic E-state index is 9.26. The number of rotatable bonds is 3. The molecule has 18 heavy (non-hydrogen) atoms. The largest absolute Gasteiger partial charge is 0.508 e. The van der Waals surface area contributed by atoms with Crippen LogP contribution in [0.4, 0.5) is 11.4 Å². The lowest BCUT2D eigenvalue weighted by Gasteiger charge is -2.21. The summed E-state index contributed by atoms with van der Waals surface area (Å²) in [4.78, 5) is 2.02. The van der Waals surface area contributed by atoms with E-state index < -0.39 is 0 Å². The van der Waals surface area contributed by atoms with Crippen molar-refractivity contribution < 1.29 is 5.11 Å². The molecule has 0 aromatic heterocycles. The smallest absolute Gasteiger partial charge is 0.115 e. The minimum Gasteiger partial charge on any atom is -0.508 e. The molecule has 0 saturated carbocycles. The van der Waals surface area contributed by atoms with Crippen molar-refractivity contribution >= 4 is 23.0 Å². The molecule has 4 heteroatoms. The summed E-state index contributed by atoms with van der Waals surface area (Å²) in [7, 11) is 1.95. The zero-order chi connectivity index (χ0) is 13.1. The SMILES string of the molecule is CN(Cc1c(N)cccc1Cl)c1ccc(O)cc1. The molecular weight excluding hydrogens is 248 g/mol. The van der Waals surface area contributed by atoms with Crippen molar-refractivity contribution in [2.75, 3.05) is 17.7 Å². The molecule has 0 amide bonds. The van der Waals surface area contributed by atoms with Gasteiger partial charge in [-0.15, -0.1) is 0 Å². The highest BCUT2D eigenvalue weighted by molar-refractivity contribution is 6.31. The molecule has 0 atom stereocenters. The zero-order valence-electron chi connectivity index (χ0n) is 10.1. The van der Waals surface area contributed by atoms with Gasteiger partial charge in [0.25, 0.3) is 0 Å². The first-order chi connectivity index (χ1) is 8.58. The second-order valence-corrected chi connectivity index (χ2v) is 4.59. The van der Waals surface area contributed by atoms with Crippen LogP contribution in [0.2, 0.25) is 5.02 Å². The van der Waals surface area contributed by atoms with E-state index in [0.717, 1.165) is 11.3 Å². The fourth-order valence-corrected chi connectivity index (χ4v) is 2.02. The van der Waals surface area contributed by atoms with E-state index in [1.54, 1.807) is 12.1 Å². The molecule has 0 aliphatic rings. The summed E-state index contributed by atoms with van der Waals surface area (Å²) in [5.74, 6) is 0.254. The van der Waals surface area contributed by atoms with Crippen LogP contribution >= 0.6 is 11.6 Å². The highest BCUT2D eigenvalue weighted by Crippen LogP contribution is 2.26. The predicted molar refractivity (Wildman–Crippen MR) is 76.1 cm³/mol. The quantitative estimate of drug-likeness (QED) is 0.835. The second-order valence-electron chi connectivity index (χ2n) is 4.18. The van der Waals surface area contributed by atoms with Gasteiger partial charge in [0.2, 0.25) is 0 Å². The van der Waals surface area contributed by atoms with Crippen LogP contribution in [-0.4, -0.2) is 12.2 Å². The average molecular weight is 263 g/mol. The molecule has 2 aromatic carbocycles. The number of aromatic hydroxyl groups is 1. The van der Waals surface area contributed by atoms with Gasteiger partial charge in [0.05, 0.1) is 0 Å². The Balaban J connectivity index is 2.21. The lowest BCUT2D eigenvalue weighted by atomic mass is 10.1. The fourth-order valence-electron chi connectivity index (χ4n) is 1.78. The van der Waals surface area contributed by atoms with Crippen molar-refractivity contribution in [1.82, 2.24) is 0 Å². The number of phenols is 1. The summed E-state index contributed by atoms with van der Waals surface area (Å²) in [5, 5.41) is 9.92. The van der Waals surface area contributed by atoms with Crippen molar-refractivity contribution in [2.24, 2.45) is 0 Å². The van der Waals surface area contributed by atoms with E-state index in [-0.39, 0.29) is 5.75 Å². The third kappa shape index (κ3) is 2.68. The first kappa shape index (κ1) is 12.6. The van der Waals surface area contributed by atoms with Gasteiger partial charge in [-0.2, -0.15) is 0 Å². The molecule has 3 N–H and O–H groups in total. The number of nitrogen functional groups attached to an aromatic ring is 1. The number of benzene rings is 2. The summed E-state index contributed by atoms with van der Waals surface area (Å²) in [5.41, 5.74) is 8.51. The van der Waals surface area contributed by atoms with Crippen molar-refractivity contribution in [2.45, 2.75) is 6.54 Å². The van der Waals surface area contributed by atoms with Gasteiger partial charge in [-0.25, -0.2) is 0 Å².